The highest BCUT2D eigenvalue weighted by atomic mass is 16.5. The maximum Gasteiger partial charge on any atom is 0.326 e. The van der Waals surface area contributed by atoms with Crippen LogP contribution in [0.2, 0.25) is 0 Å². The van der Waals surface area contributed by atoms with Crippen molar-refractivity contribution in [3.05, 3.63) is 17.0 Å². The van der Waals surface area contributed by atoms with Crippen molar-refractivity contribution < 1.29 is 19.2 Å². The minimum absolute atomic E-state index is 0.0493. The van der Waals surface area contributed by atoms with Gasteiger partial charge in [0, 0.05) is 18.0 Å². The summed E-state index contributed by atoms with van der Waals surface area (Å²) in [6.45, 7) is 0. The van der Waals surface area contributed by atoms with Gasteiger partial charge >= 0.3 is 5.97 Å². The zero-order valence-electron chi connectivity index (χ0n) is 13.2. The lowest BCUT2D eigenvalue weighted by Gasteiger charge is -2.32. The topological polar surface area (TPSA) is 83.6 Å². The first-order chi connectivity index (χ1) is 11.2. The van der Waals surface area contributed by atoms with Gasteiger partial charge in [-0.3, -0.25) is 4.79 Å². The monoisotopic (exact) mass is 318 g/mol. The normalized spacial score (nSPS) is 29.9. The summed E-state index contributed by atoms with van der Waals surface area (Å²) in [7, 11) is 0. The van der Waals surface area contributed by atoms with Crippen LogP contribution < -0.4 is 0 Å². The summed E-state index contributed by atoms with van der Waals surface area (Å²) in [4.78, 5) is 26.4. The molecule has 2 heterocycles. The lowest BCUT2D eigenvalue weighted by Crippen LogP contribution is -2.46. The predicted molar refractivity (Wildman–Crippen MR) is 81.1 cm³/mol. The molecular weight excluding hydrogens is 296 g/mol. The number of hydrogen-bond donors (Lipinski definition) is 1. The molecule has 1 N–H and O–H groups in total. The fourth-order valence-electron chi connectivity index (χ4n) is 4.65. The summed E-state index contributed by atoms with van der Waals surface area (Å²) in [5.74, 6) is -0.00814. The third-order valence-corrected chi connectivity index (χ3v) is 5.76. The number of carbonyl (C=O) groups is 2. The fraction of sp³-hybridized carbons (Fsp3) is 0.706. The molecule has 6 nitrogen and oxygen atoms in total. The third-order valence-electron chi connectivity index (χ3n) is 5.76. The Labute approximate surface area is 134 Å². The number of aromatic nitrogens is 1. The Kier molecular flexibility index (Phi) is 3.62. The van der Waals surface area contributed by atoms with Crippen molar-refractivity contribution in [1.82, 2.24) is 10.1 Å². The number of carbonyl (C=O) groups excluding carboxylic acids is 1. The molecule has 1 saturated carbocycles. The smallest absolute Gasteiger partial charge is 0.326 e. The Morgan fingerprint density at radius 1 is 1.13 bits per heavy atom. The van der Waals surface area contributed by atoms with E-state index < -0.39 is 12.0 Å². The van der Waals surface area contributed by atoms with Gasteiger partial charge in [-0.25, -0.2) is 4.79 Å². The first kappa shape index (κ1) is 14.7. The van der Waals surface area contributed by atoms with Crippen LogP contribution in [0.3, 0.4) is 0 Å². The van der Waals surface area contributed by atoms with Gasteiger partial charge in [0.1, 0.15) is 11.8 Å². The molecule has 0 aromatic carbocycles. The molecule has 0 radical (unpaired) electrons. The summed E-state index contributed by atoms with van der Waals surface area (Å²) in [5, 5.41) is 13.6. The molecule has 6 heteroatoms. The second-order valence-corrected chi connectivity index (χ2v) is 7.05. The number of rotatable bonds is 2. The minimum Gasteiger partial charge on any atom is -0.480 e. The van der Waals surface area contributed by atoms with Crippen LogP contribution in [0.4, 0.5) is 0 Å². The molecule has 1 aromatic rings. The van der Waals surface area contributed by atoms with Crippen LogP contribution in [-0.2, 0) is 17.6 Å². The van der Waals surface area contributed by atoms with Gasteiger partial charge < -0.3 is 14.5 Å². The van der Waals surface area contributed by atoms with Crippen LogP contribution in [0.25, 0.3) is 0 Å². The number of aryl methyl sites for hydroxylation is 1. The van der Waals surface area contributed by atoms with Crippen LogP contribution >= 0.6 is 0 Å². The summed E-state index contributed by atoms with van der Waals surface area (Å²) < 4.78 is 5.35. The van der Waals surface area contributed by atoms with E-state index in [0.29, 0.717) is 18.0 Å². The molecule has 0 spiro atoms. The molecule has 124 valence electrons. The quantitative estimate of drug-likeness (QED) is 0.905. The summed E-state index contributed by atoms with van der Waals surface area (Å²) in [6, 6.07) is -0.667. The van der Waals surface area contributed by atoms with E-state index >= 15 is 0 Å². The lowest BCUT2D eigenvalue weighted by molar-refractivity contribution is -0.141. The van der Waals surface area contributed by atoms with Gasteiger partial charge in [-0.15, -0.1) is 0 Å². The summed E-state index contributed by atoms with van der Waals surface area (Å²) >= 11 is 0. The molecule has 2 aliphatic carbocycles. The molecule has 2 fully saturated rings. The number of amides is 1. The van der Waals surface area contributed by atoms with Crippen molar-refractivity contribution in [3.63, 3.8) is 0 Å². The number of carboxylic acids is 1. The van der Waals surface area contributed by atoms with Gasteiger partial charge in [0.2, 0.25) is 0 Å². The molecule has 23 heavy (non-hydrogen) atoms. The molecule has 1 amide bonds. The third kappa shape index (κ3) is 2.35. The standard InChI is InChI=1S/C17H22N2O4/c20-16(15-11-6-2-4-8-14(11)23-18-15)19-12-7-3-1-5-10(12)9-13(19)17(21)22/h10,12-13H,1-9H2,(H,21,22)/t10-,12+,13-/m0/s1. The molecule has 0 bridgehead atoms. The van der Waals surface area contributed by atoms with Crippen LogP contribution in [0.1, 0.15) is 66.8 Å². The van der Waals surface area contributed by atoms with Gasteiger partial charge in [0.15, 0.2) is 5.69 Å². The van der Waals surface area contributed by atoms with Crippen LogP contribution in [0.15, 0.2) is 4.52 Å². The van der Waals surface area contributed by atoms with Crippen molar-refractivity contribution in [2.24, 2.45) is 5.92 Å². The summed E-state index contributed by atoms with van der Waals surface area (Å²) in [5.41, 5.74) is 1.27. The summed E-state index contributed by atoms with van der Waals surface area (Å²) in [6.07, 6.45) is 8.42. The average Bonchev–Trinajstić information content (AvgIpc) is 3.16. The van der Waals surface area contributed by atoms with Gasteiger partial charge in [-0.2, -0.15) is 0 Å². The number of likely N-dealkylation sites (tertiary alicyclic amines) is 1. The van der Waals surface area contributed by atoms with Crippen molar-refractivity contribution in [1.29, 1.82) is 0 Å². The van der Waals surface area contributed by atoms with E-state index in [1.54, 1.807) is 4.90 Å². The van der Waals surface area contributed by atoms with Crippen molar-refractivity contribution >= 4 is 11.9 Å². The number of aliphatic carboxylic acids is 1. The zero-order chi connectivity index (χ0) is 16.0. The molecule has 4 rings (SSSR count). The first-order valence-corrected chi connectivity index (χ1v) is 8.69. The van der Waals surface area contributed by atoms with E-state index in [4.69, 9.17) is 4.52 Å². The largest absolute Gasteiger partial charge is 0.480 e. The van der Waals surface area contributed by atoms with E-state index in [2.05, 4.69) is 5.16 Å². The average molecular weight is 318 g/mol. The van der Waals surface area contributed by atoms with Gasteiger partial charge in [0.05, 0.1) is 0 Å². The zero-order valence-corrected chi connectivity index (χ0v) is 13.2. The van der Waals surface area contributed by atoms with E-state index in [-0.39, 0.29) is 11.9 Å². The molecule has 1 aromatic heterocycles. The maximum absolute atomic E-state index is 13.1. The Balaban J connectivity index is 1.67. The molecule has 0 unspecified atom stereocenters. The van der Waals surface area contributed by atoms with Crippen LogP contribution in [0.5, 0.6) is 0 Å². The SMILES string of the molecule is O=C(O)[C@@H]1C[C@@H]2CCCC[C@H]2N1C(=O)c1noc2c1CCCC2. The van der Waals surface area contributed by atoms with E-state index in [1.807, 2.05) is 0 Å². The Morgan fingerprint density at radius 3 is 2.74 bits per heavy atom. The highest BCUT2D eigenvalue weighted by Crippen LogP contribution is 2.41. The van der Waals surface area contributed by atoms with Crippen molar-refractivity contribution in [3.8, 4) is 0 Å². The Hall–Kier alpha value is -1.85. The van der Waals surface area contributed by atoms with Gasteiger partial charge in [-0.1, -0.05) is 18.0 Å². The van der Waals surface area contributed by atoms with Crippen LogP contribution in [-0.4, -0.2) is 39.1 Å². The van der Waals surface area contributed by atoms with E-state index in [1.165, 1.54) is 0 Å². The first-order valence-electron chi connectivity index (χ1n) is 8.69. The molecule has 3 aliphatic rings. The molecule has 1 aliphatic heterocycles. The highest BCUT2D eigenvalue weighted by molar-refractivity contribution is 5.97. The Morgan fingerprint density at radius 2 is 1.91 bits per heavy atom. The maximum atomic E-state index is 13.1. The Bertz CT molecular complexity index is 639. The van der Waals surface area contributed by atoms with E-state index in [0.717, 1.165) is 62.7 Å². The lowest BCUT2D eigenvalue weighted by atomic mass is 9.84. The molecular formula is C17H22N2O4. The number of fused-ring (bicyclic) bond motifs is 2. The number of hydrogen-bond acceptors (Lipinski definition) is 4. The second kappa shape index (κ2) is 5.65. The van der Waals surface area contributed by atoms with Gasteiger partial charge in [0.25, 0.3) is 5.91 Å². The van der Waals surface area contributed by atoms with Crippen LogP contribution in [0, 0.1) is 5.92 Å². The predicted octanol–water partition coefficient (Wildman–Crippen LogP) is 2.41. The van der Waals surface area contributed by atoms with Crippen molar-refractivity contribution in [2.45, 2.75) is 69.9 Å². The minimum atomic E-state index is -0.898. The highest BCUT2D eigenvalue weighted by Gasteiger charge is 2.48. The van der Waals surface area contributed by atoms with Crippen molar-refractivity contribution in [2.75, 3.05) is 0 Å². The molecule has 3 atom stereocenters. The fourth-order valence-corrected chi connectivity index (χ4v) is 4.65. The van der Waals surface area contributed by atoms with Gasteiger partial charge in [-0.05, 0) is 44.4 Å². The van der Waals surface area contributed by atoms with E-state index in [9.17, 15) is 14.7 Å². The molecule has 1 saturated heterocycles. The number of nitrogens with zero attached hydrogens (tertiary/aromatic N) is 2. The number of carboxylic acid groups (broad SMARTS) is 1. The second-order valence-electron chi connectivity index (χ2n) is 7.05.